The van der Waals surface area contributed by atoms with Gasteiger partial charge in [-0.2, -0.15) is 0 Å². The molecule has 0 aromatic carbocycles. The van der Waals surface area contributed by atoms with Gasteiger partial charge in [-0.3, -0.25) is 9.80 Å². The number of hydrogen-bond donors (Lipinski definition) is 0. The van der Waals surface area contributed by atoms with Crippen LogP contribution in [0.1, 0.15) is 39.5 Å². The fourth-order valence-corrected chi connectivity index (χ4v) is 3.99. The molecule has 2 nitrogen and oxygen atoms in total. The van der Waals surface area contributed by atoms with E-state index >= 15 is 0 Å². The van der Waals surface area contributed by atoms with E-state index in [1.165, 1.54) is 45.3 Å². The molecular formula is C13H24N2. The molecule has 3 unspecified atom stereocenters. The fraction of sp³-hybridized carbons (Fsp3) is 1.00. The van der Waals surface area contributed by atoms with Crippen LogP contribution in [0.2, 0.25) is 0 Å². The summed E-state index contributed by atoms with van der Waals surface area (Å²) in [5.41, 5.74) is 0. The lowest BCUT2D eigenvalue weighted by atomic mass is 9.80. The van der Waals surface area contributed by atoms with Crippen LogP contribution in [-0.4, -0.2) is 47.6 Å². The average molecular weight is 208 g/mol. The number of rotatable bonds is 5. The Hall–Kier alpha value is -0.0800. The highest BCUT2D eigenvalue weighted by atomic mass is 15.4. The van der Waals surface area contributed by atoms with Gasteiger partial charge in [-0.15, -0.1) is 0 Å². The van der Waals surface area contributed by atoms with Gasteiger partial charge in [0.1, 0.15) is 0 Å². The first-order valence-electron chi connectivity index (χ1n) is 6.85. The number of piperidine rings is 1. The van der Waals surface area contributed by atoms with Gasteiger partial charge in [-0.25, -0.2) is 0 Å². The summed E-state index contributed by atoms with van der Waals surface area (Å²) < 4.78 is 0. The van der Waals surface area contributed by atoms with Crippen LogP contribution in [-0.2, 0) is 0 Å². The van der Waals surface area contributed by atoms with E-state index in [0.29, 0.717) is 0 Å². The van der Waals surface area contributed by atoms with Gasteiger partial charge in [0.15, 0.2) is 0 Å². The molecule has 2 heteroatoms. The van der Waals surface area contributed by atoms with Crippen LogP contribution in [0.3, 0.4) is 0 Å². The highest BCUT2D eigenvalue weighted by Gasteiger charge is 2.60. The zero-order chi connectivity index (χ0) is 10.4. The second-order valence-electron chi connectivity index (χ2n) is 5.67. The van der Waals surface area contributed by atoms with E-state index in [1.807, 2.05) is 0 Å². The molecule has 3 heterocycles. The third-order valence-electron chi connectivity index (χ3n) is 4.89. The van der Waals surface area contributed by atoms with E-state index in [9.17, 15) is 0 Å². The Labute approximate surface area is 93.6 Å². The minimum absolute atomic E-state index is 0.891. The normalized spacial score (nSPS) is 40.8. The highest BCUT2D eigenvalue weighted by Crippen LogP contribution is 2.46. The molecule has 0 aliphatic carbocycles. The van der Waals surface area contributed by atoms with Crippen LogP contribution in [0, 0.1) is 5.92 Å². The van der Waals surface area contributed by atoms with Gasteiger partial charge < -0.3 is 0 Å². The molecule has 0 N–H and O–H groups in total. The first-order chi connectivity index (χ1) is 7.35. The van der Waals surface area contributed by atoms with E-state index in [2.05, 4.69) is 23.6 Å². The number of likely N-dealkylation sites (tertiary alicyclic amines) is 1. The van der Waals surface area contributed by atoms with Gasteiger partial charge in [-0.1, -0.05) is 26.7 Å². The zero-order valence-electron chi connectivity index (χ0n) is 10.2. The summed E-state index contributed by atoms with van der Waals surface area (Å²) in [5.74, 6) is 1.04. The monoisotopic (exact) mass is 208 g/mol. The van der Waals surface area contributed by atoms with Crippen LogP contribution < -0.4 is 0 Å². The van der Waals surface area contributed by atoms with Crippen LogP contribution in [0.5, 0.6) is 0 Å². The lowest BCUT2D eigenvalue weighted by Crippen LogP contribution is -2.71. The number of unbranched alkanes of at least 4 members (excludes halogenated alkanes) is 1. The minimum atomic E-state index is 0.891. The van der Waals surface area contributed by atoms with Gasteiger partial charge in [0.2, 0.25) is 0 Å². The molecule has 3 aliphatic heterocycles. The van der Waals surface area contributed by atoms with Crippen molar-refractivity contribution in [3.8, 4) is 0 Å². The quantitative estimate of drug-likeness (QED) is 0.681. The standard InChI is InChI=1S/C13H24N2/c1-3-5-6-11(4-2)15-8-10-7-14-9-12(15)13(10)14/h10-13H,3-9H2,1-2H3/t10?,11?,12?,13-/m1/s1. The van der Waals surface area contributed by atoms with Crippen molar-refractivity contribution >= 4 is 0 Å². The minimum Gasteiger partial charge on any atom is -0.296 e. The summed E-state index contributed by atoms with van der Waals surface area (Å²) in [7, 11) is 0. The van der Waals surface area contributed by atoms with Crippen molar-refractivity contribution in [2.45, 2.75) is 57.7 Å². The molecule has 0 spiro atoms. The van der Waals surface area contributed by atoms with Crippen molar-refractivity contribution in [1.29, 1.82) is 0 Å². The molecular weight excluding hydrogens is 184 g/mol. The molecule has 15 heavy (non-hydrogen) atoms. The Kier molecular flexibility index (Phi) is 2.52. The molecule has 0 radical (unpaired) electrons. The summed E-state index contributed by atoms with van der Waals surface area (Å²) in [4.78, 5) is 5.52. The van der Waals surface area contributed by atoms with Gasteiger partial charge in [0.05, 0.1) is 0 Å². The highest BCUT2D eigenvalue weighted by molar-refractivity contribution is 5.16. The molecule has 0 bridgehead atoms. The van der Waals surface area contributed by atoms with E-state index in [-0.39, 0.29) is 0 Å². The van der Waals surface area contributed by atoms with E-state index < -0.39 is 0 Å². The first-order valence-corrected chi connectivity index (χ1v) is 6.85. The summed E-state index contributed by atoms with van der Waals surface area (Å²) >= 11 is 0. The van der Waals surface area contributed by atoms with Crippen molar-refractivity contribution in [3.05, 3.63) is 0 Å². The van der Waals surface area contributed by atoms with E-state index in [0.717, 1.165) is 24.0 Å². The molecule has 0 aromatic heterocycles. The summed E-state index contributed by atoms with van der Waals surface area (Å²) in [6, 6.07) is 2.83. The van der Waals surface area contributed by atoms with Crippen LogP contribution in [0.4, 0.5) is 0 Å². The smallest absolute Gasteiger partial charge is 0.0385 e. The third-order valence-corrected chi connectivity index (χ3v) is 4.89. The van der Waals surface area contributed by atoms with Gasteiger partial charge in [0, 0.05) is 43.7 Å². The number of hydrogen-bond acceptors (Lipinski definition) is 2. The van der Waals surface area contributed by atoms with Crippen LogP contribution in [0.25, 0.3) is 0 Å². The summed E-state index contributed by atoms with van der Waals surface area (Å²) in [6.45, 7) is 8.88. The molecule has 3 aliphatic rings. The Bertz CT molecular complexity index is 241. The van der Waals surface area contributed by atoms with Gasteiger partial charge in [0.25, 0.3) is 0 Å². The molecule has 3 saturated heterocycles. The molecule has 0 amide bonds. The maximum absolute atomic E-state index is 2.86. The second-order valence-corrected chi connectivity index (χ2v) is 5.67. The zero-order valence-corrected chi connectivity index (χ0v) is 10.2. The molecule has 3 rings (SSSR count). The van der Waals surface area contributed by atoms with Crippen molar-refractivity contribution in [3.63, 3.8) is 0 Å². The van der Waals surface area contributed by atoms with E-state index in [1.54, 1.807) is 0 Å². The van der Waals surface area contributed by atoms with Gasteiger partial charge >= 0.3 is 0 Å². The Morgan fingerprint density at radius 3 is 2.67 bits per heavy atom. The van der Waals surface area contributed by atoms with Crippen molar-refractivity contribution in [2.75, 3.05) is 19.6 Å². The first kappa shape index (κ1) is 10.1. The molecule has 3 fully saturated rings. The maximum atomic E-state index is 2.86. The Morgan fingerprint density at radius 2 is 2.07 bits per heavy atom. The van der Waals surface area contributed by atoms with Crippen molar-refractivity contribution < 1.29 is 0 Å². The molecule has 4 atom stereocenters. The fourth-order valence-electron chi connectivity index (χ4n) is 3.99. The predicted octanol–water partition coefficient (Wildman–Crippen LogP) is 1.95. The van der Waals surface area contributed by atoms with E-state index in [4.69, 9.17) is 0 Å². The summed E-state index contributed by atoms with van der Waals surface area (Å²) in [6.07, 6.45) is 5.56. The average Bonchev–Trinajstić information content (AvgIpc) is 2.40. The maximum Gasteiger partial charge on any atom is 0.0385 e. The molecule has 0 aromatic rings. The predicted molar refractivity (Wildman–Crippen MR) is 62.9 cm³/mol. The second kappa shape index (κ2) is 3.74. The Balaban J connectivity index is 1.60. The topological polar surface area (TPSA) is 6.48 Å². The molecule has 0 saturated carbocycles. The number of nitrogens with zero attached hydrogens (tertiary/aromatic N) is 2. The van der Waals surface area contributed by atoms with Crippen molar-refractivity contribution in [2.24, 2.45) is 5.92 Å². The largest absolute Gasteiger partial charge is 0.296 e. The SMILES string of the molecule is CCCCC(CC)N1CC2CN3CC1[C@@H]23. The van der Waals surface area contributed by atoms with Crippen LogP contribution in [0.15, 0.2) is 0 Å². The summed E-state index contributed by atoms with van der Waals surface area (Å²) in [5, 5.41) is 0. The Morgan fingerprint density at radius 1 is 1.20 bits per heavy atom. The lowest BCUT2D eigenvalue weighted by molar-refractivity contribution is -0.0699. The van der Waals surface area contributed by atoms with Crippen LogP contribution >= 0.6 is 0 Å². The van der Waals surface area contributed by atoms with Crippen molar-refractivity contribution in [1.82, 2.24) is 9.80 Å². The lowest BCUT2D eigenvalue weighted by Gasteiger charge is -2.57. The van der Waals surface area contributed by atoms with Gasteiger partial charge in [-0.05, 0) is 12.8 Å². The molecule has 86 valence electrons. The third kappa shape index (κ3) is 1.38.